The van der Waals surface area contributed by atoms with Crippen LogP contribution in [-0.4, -0.2) is 37.0 Å². The number of nitrogens with one attached hydrogen (secondary N) is 2. The van der Waals surface area contributed by atoms with E-state index < -0.39 is 30.4 Å². The van der Waals surface area contributed by atoms with E-state index in [1.807, 2.05) is 30.3 Å². The summed E-state index contributed by atoms with van der Waals surface area (Å²) in [6.45, 7) is 3.06. The minimum absolute atomic E-state index is 0.125. The van der Waals surface area contributed by atoms with Gasteiger partial charge in [-0.2, -0.15) is 0 Å². The fourth-order valence-electron chi connectivity index (χ4n) is 3.54. The summed E-state index contributed by atoms with van der Waals surface area (Å²) >= 11 is 1.17. The van der Waals surface area contributed by atoms with Gasteiger partial charge >= 0.3 is 11.9 Å². The van der Waals surface area contributed by atoms with Gasteiger partial charge in [-0.3, -0.25) is 9.59 Å². The van der Waals surface area contributed by atoms with E-state index in [-0.39, 0.29) is 23.5 Å². The number of hydrogen-bond acceptors (Lipinski definition) is 8. The molecule has 2 amide bonds. The van der Waals surface area contributed by atoms with E-state index in [4.69, 9.17) is 13.9 Å². The summed E-state index contributed by atoms with van der Waals surface area (Å²) in [5, 5.41) is 7.38. The van der Waals surface area contributed by atoms with Gasteiger partial charge in [0.15, 0.2) is 12.4 Å². The molecule has 10 heteroatoms. The number of esters is 2. The number of ether oxygens (including phenoxy) is 2. The first-order valence-electron chi connectivity index (χ1n) is 11.6. The van der Waals surface area contributed by atoms with Crippen molar-refractivity contribution in [1.29, 1.82) is 0 Å². The van der Waals surface area contributed by atoms with Crippen LogP contribution in [0.2, 0.25) is 0 Å². The molecular formula is C28H24N2O7S. The van der Waals surface area contributed by atoms with Crippen molar-refractivity contribution in [2.75, 3.05) is 23.8 Å². The topological polar surface area (TPSA) is 124 Å². The number of rotatable bonds is 9. The Bertz CT molecular complexity index is 1460. The Labute approximate surface area is 222 Å². The van der Waals surface area contributed by atoms with Crippen LogP contribution in [0.15, 0.2) is 76.7 Å². The van der Waals surface area contributed by atoms with Crippen LogP contribution in [0.5, 0.6) is 0 Å². The van der Waals surface area contributed by atoms with Gasteiger partial charge in [0.2, 0.25) is 0 Å². The maximum absolute atomic E-state index is 12.7. The predicted octanol–water partition coefficient (Wildman–Crippen LogP) is 5.54. The van der Waals surface area contributed by atoms with Crippen molar-refractivity contribution in [2.24, 2.45) is 0 Å². The Hall–Kier alpha value is -4.70. The number of anilines is 2. The van der Waals surface area contributed by atoms with Crippen LogP contribution in [-0.2, 0) is 14.3 Å². The monoisotopic (exact) mass is 532 g/mol. The average Bonchev–Trinajstić information content (AvgIpc) is 3.60. The van der Waals surface area contributed by atoms with Crippen molar-refractivity contribution in [3.63, 3.8) is 0 Å². The molecule has 0 aliphatic heterocycles. The van der Waals surface area contributed by atoms with Crippen LogP contribution in [0.1, 0.15) is 43.8 Å². The number of carbonyl (C=O) groups is 4. The second kappa shape index (κ2) is 12.0. The van der Waals surface area contributed by atoms with E-state index >= 15 is 0 Å². The zero-order valence-corrected chi connectivity index (χ0v) is 21.4. The summed E-state index contributed by atoms with van der Waals surface area (Å²) in [5.41, 5.74) is 2.93. The van der Waals surface area contributed by atoms with Crippen LogP contribution in [0.3, 0.4) is 0 Å². The Kier molecular flexibility index (Phi) is 8.34. The van der Waals surface area contributed by atoms with Gasteiger partial charge in [-0.05, 0) is 49.2 Å². The third-order valence-corrected chi connectivity index (χ3v) is 6.30. The zero-order chi connectivity index (χ0) is 27.1. The molecule has 38 heavy (non-hydrogen) atoms. The maximum atomic E-state index is 12.7. The Morgan fingerprint density at radius 2 is 1.71 bits per heavy atom. The van der Waals surface area contributed by atoms with Gasteiger partial charge in [-0.15, -0.1) is 11.3 Å². The highest BCUT2D eigenvalue weighted by molar-refractivity contribution is 7.15. The number of hydrogen-bond donors (Lipinski definition) is 2. The first-order valence-corrected chi connectivity index (χ1v) is 12.5. The molecule has 0 spiro atoms. The van der Waals surface area contributed by atoms with Crippen molar-refractivity contribution >= 4 is 45.8 Å². The van der Waals surface area contributed by atoms with E-state index in [1.54, 1.807) is 31.4 Å². The number of aryl methyl sites for hydroxylation is 1. The van der Waals surface area contributed by atoms with Gasteiger partial charge in [-0.1, -0.05) is 36.4 Å². The van der Waals surface area contributed by atoms with Crippen molar-refractivity contribution in [2.45, 2.75) is 13.8 Å². The highest BCUT2D eigenvalue weighted by Gasteiger charge is 2.23. The zero-order valence-electron chi connectivity index (χ0n) is 20.6. The van der Waals surface area contributed by atoms with Crippen LogP contribution in [0.25, 0.3) is 11.1 Å². The van der Waals surface area contributed by atoms with Gasteiger partial charge < -0.3 is 24.5 Å². The molecule has 0 aliphatic rings. The van der Waals surface area contributed by atoms with Crippen LogP contribution in [0, 0.1) is 6.92 Å². The van der Waals surface area contributed by atoms with Gasteiger partial charge in [-0.25, -0.2) is 9.59 Å². The molecule has 0 bridgehead atoms. The third kappa shape index (κ3) is 6.16. The fraction of sp³-hybridized carbons (Fsp3) is 0.143. The first-order chi connectivity index (χ1) is 18.4. The molecule has 4 aromatic rings. The number of furan rings is 1. The SMILES string of the molecule is CCOC(=O)c1c(-c2ccccc2)csc1NC(=O)COC(=O)c1ccc(C)c(NC(=O)c2ccco2)c1. The van der Waals surface area contributed by atoms with Gasteiger partial charge in [0.05, 0.1) is 18.4 Å². The largest absolute Gasteiger partial charge is 0.462 e. The van der Waals surface area contributed by atoms with Crippen molar-refractivity contribution in [1.82, 2.24) is 0 Å². The summed E-state index contributed by atoms with van der Waals surface area (Å²) in [7, 11) is 0. The lowest BCUT2D eigenvalue weighted by atomic mass is 10.0. The number of thiophene rings is 1. The lowest BCUT2D eigenvalue weighted by molar-refractivity contribution is -0.119. The molecule has 194 valence electrons. The lowest BCUT2D eigenvalue weighted by Crippen LogP contribution is -2.22. The molecule has 0 radical (unpaired) electrons. The van der Waals surface area contributed by atoms with Crippen molar-refractivity contribution in [3.8, 4) is 11.1 Å². The molecule has 2 aromatic heterocycles. The van der Waals surface area contributed by atoms with E-state index in [2.05, 4.69) is 10.6 Å². The van der Waals surface area contributed by atoms with E-state index in [1.165, 1.54) is 35.8 Å². The molecule has 0 saturated heterocycles. The second-order valence-electron chi connectivity index (χ2n) is 8.03. The molecule has 0 saturated carbocycles. The van der Waals surface area contributed by atoms with E-state index in [0.717, 1.165) is 11.1 Å². The van der Waals surface area contributed by atoms with Gasteiger partial charge in [0.25, 0.3) is 11.8 Å². The second-order valence-corrected chi connectivity index (χ2v) is 8.91. The molecule has 2 N–H and O–H groups in total. The van der Waals surface area contributed by atoms with Crippen LogP contribution < -0.4 is 10.6 Å². The standard InChI is InChI=1S/C28H24N2O7S/c1-3-35-28(34)24-20(18-8-5-4-6-9-18)16-38-26(24)30-23(31)15-37-27(33)19-12-11-17(2)21(14-19)29-25(32)22-10-7-13-36-22/h4-14,16H,3,15H2,1-2H3,(H,29,32)(H,30,31). The summed E-state index contributed by atoms with van der Waals surface area (Å²) in [6.07, 6.45) is 1.38. The third-order valence-electron chi connectivity index (χ3n) is 5.41. The molecular weight excluding hydrogens is 508 g/mol. The normalized spacial score (nSPS) is 10.5. The quantitative estimate of drug-likeness (QED) is 0.271. The Morgan fingerprint density at radius 3 is 2.42 bits per heavy atom. The Morgan fingerprint density at radius 1 is 0.921 bits per heavy atom. The maximum Gasteiger partial charge on any atom is 0.341 e. The minimum Gasteiger partial charge on any atom is -0.462 e. The molecule has 2 aromatic carbocycles. The molecule has 4 rings (SSSR count). The summed E-state index contributed by atoms with van der Waals surface area (Å²) in [4.78, 5) is 50.2. The predicted molar refractivity (Wildman–Crippen MR) is 142 cm³/mol. The highest BCUT2D eigenvalue weighted by atomic mass is 32.1. The van der Waals surface area contributed by atoms with Gasteiger partial charge in [0.1, 0.15) is 10.6 Å². The molecule has 2 heterocycles. The fourth-order valence-corrected chi connectivity index (χ4v) is 4.51. The summed E-state index contributed by atoms with van der Waals surface area (Å²) in [6, 6.07) is 17.0. The van der Waals surface area contributed by atoms with Crippen molar-refractivity contribution < 1.29 is 33.1 Å². The molecule has 9 nitrogen and oxygen atoms in total. The minimum atomic E-state index is -0.754. The van der Waals surface area contributed by atoms with Gasteiger partial charge in [0, 0.05) is 16.6 Å². The lowest BCUT2D eigenvalue weighted by Gasteiger charge is -2.11. The molecule has 0 aliphatic carbocycles. The average molecular weight is 533 g/mol. The highest BCUT2D eigenvalue weighted by Crippen LogP contribution is 2.36. The number of amides is 2. The van der Waals surface area contributed by atoms with E-state index in [0.29, 0.717) is 16.3 Å². The van der Waals surface area contributed by atoms with Crippen LogP contribution in [0.4, 0.5) is 10.7 Å². The summed E-state index contributed by atoms with van der Waals surface area (Å²) in [5.74, 6) is -2.28. The Balaban J connectivity index is 1.43. The first kappa shape index (κ1) is 26.4. The number of carbonyl (C=O) groups excluding carboxylic acids is 4. The molecule has 0 atom stereocenters. The number of benzene rings is 2. The smallest absolute Gasteiger partial charge is 0.341 e. The summed E-state index contributed by atoms with van der Waals surface area (Å²) < 4.78 is 15.5. The van der Waals surface area contributed by atoms with Crippen molar-refractivity contribution in [3.05, 3.63) is 94.8 Å². The molecule has 0 fully saturated rings. The van der Waals surface area contributed by atoms with Crippen LogP contribution >= 0.6 is 11.3 Å². The molecule has 0 unspecified atom stereocenters. The van der Waals surface area contributed by atoms with E-state index in [9.17, 15) is 19.2 Å².